The summed E-state index contributed by atoms with van der Waals surface area (Å²) in [4.78, 5) is 0. The summed E-state index contributed by atoms with van der Waals surface area (Å²) in [6.45, 7) is 8.52. The van der Waals surface area contributed by atoms with E-state index in [1.165, 1.54) is 5.57 Å². The SMILES string of the molecule is C/C=C(\C)CC[C@H](O)[C@H]1CC[C@H](C(C)C)O1. The van der Waals surface area contributed by atoms with E-state index < -0.39 is 0 Å². The Kier molecular flexibility index (Phi) is 5.50. The minimum atomic E-state index is -0.293. The highest BCUT2D eigenvalue weighted by atomic mass is 16.5. The highest BCUT2D eigenvalue weighted by molar-refractivity contribution is 4.96. The van der Waals surface area contributed by atoms with Crippen molar-refractivity contribution in [2.24, 2.45) is 5.92 Å². The van der Waals surface area contributed by atoms with E-state index in [2.05, 4.69) is 26.8 Å². The highest BCUT2D eigenvalue weighted by Gasteiger charge is 2.31. The number of hydrogen-bond donors (Lipinski definition) is 1. The average Bonchev–Trinajstić information content (AvgIpc) is 2.74. The molecule has 0 amide bonds. The van der Waals surface area contributed by atoms with Gasteiger partial charge in [0.1, 0.15) is 0 Å². The van der Waals surface area contributed by atoms with Crippen LogP contribution in [0.25, 0.3) is 0 Å². The van der Waals surface area contributed by atoms with E-state index >= 15 is 0 Å². The Hall–Kier alpha value is -0.340. The molecule has 1 fully saturated rings. The molecule has 16 heavy (non-hydrogen) atoms. The standard InChI is InChI=1S/C14H26O2/c1-5-11(4)6-7-12(15)14-9-8-13(16-14)10(2)3/h5,10,12-15H,6-9H2,1-4H3/b11-5+/t12-,13+,14+/m0/s1. The van der Waals surface area contributed by atoms with E-state index in [9.17, 15) is 5.11 Å². The highest BCUT2D eigenvalue weighted by Crippen LogP contribution is 2.28. The Morgan fingerprint density at radius 2 is 2.00 bits per heavy atom. The second kappa shape index (κ2) is 6.41. The van der Waals surface area contributed by atoms with E-state index in [1.54, 1.807) is 0 Å². The monoisotopic (exact) mass is 226 g/mol. The molecule has 0 aromatic heterocycles. The lowest BCUT2D eigenvalue weighted by atomic mass is 10.0. The maximum absolute atomic E-state index is 10.0. The van der Waals surface area contributed by atoms with E-state index in [4.69, 9.17) is 4.74 Å². The van der Waals surface area contributed by atoms with Gasteiger partial charge in [-0.25, -0.2) is 0 Å². The molecule has 0 bridgehead atoms. The largest absolute Gasteiger partial charge is 0.390 e. The van der Waals surface area contributed by atoms with Crippen molar-refractivity contribution in [3.63, 3.8) is 0 Å². The summed E-state index contributed by atoms with van der Waals surface area (Å²) in [7, 11) is 0. The van der Waals surface area contributed by atoms with Crippen LogP contribution in [-0.2, 0) is 4.74 Å². The molecule has 0 radical (unpaired) electrons. The van der Waals surface area contributed by atoms with E-state index in [0.29, 0.717) is 12.0 Å². The second-order valence-electron chi connectivity index (χ2n) is 5.28. The van der Waals surface area contributed by atoms with Crippen LogP contribution >= 0.6 is 0 Å². The van der Waals surface area contributed by atoms with Crippen molar-refractivity contribution in [1.82, 2.24) is 0 Å². The molecule has 0 spiro atoms. The van der Waals surface area contributed by atoms with Crippen LogP contribution in [-0.4, -0.2) is 23.4 Å². The van der Waals surface area contributed by atoms with Crippen LogP contribution in [0, 0.1) is 5.92 Å². The van der Waals surface area contributed by atoms with E-state index in [1.807, 2.05) is 6.92 Å². The molecular formula is C14H26O2. The van der Waals surface area contributed by atoms with Gasteiger partial charge in [0.15, 0.2) is 0 Å². The van der Waals surface area contributed by atoms with Gasteiger partial charge in [-0.3, -0.25) is 0 Å². The molecule has 2 nitrogen and oxygen atoms in total. The third kappa shape index (κ3) is 3.91. The first kappa shape index (κ1) is 13.7. The molecule has 1 saturated heterocycles. The Labute approximate surface area is 99.7 Å². The van der Waals surface area contributed by atoms with E-state index in [-0.39, 0.29) is 12.2 Å². The molecule has 1 aliphatic heterocycles. The molecule has 0 aliphatic carbocycles. The summed E-state index contributed by atoms with van der Waals surface area (Å²) in [5, 5.41) is 10.0. The lowest BCUT2D eigenvalue weighted by molar-refractivity contribution is -0.0493. The van der Waals surface area contributed by atoms with Gasteiger partial charge in [-0.1, -0.05) is 25.5 Å². The van der Waals surface area contributed by atoms with Crippen molar-refractivity contribution in [2.45, 2.75) is 71.7 Å². The third-order valence-electron chi connectivity index (χ3n) is 3.59. The molecule has 1 N–H and O–H groups in total. The van der Waals surface area contributed by atoms with Gasteiger partial charge in [0, 0.05) is 0 Å². The third-order valence-corrected chi connectivity index (χ3v) is 3.59. The van der Waals surface area contributed by atoms with Gasteiger partial charge in [0.25, 0.3) is 0 Å². The van der Waals surface area contributed by atoms with Crippen molar-refractivity contribution in [3.05, 3.63) is 11.6 Å². The summed E-state index contributed by atoms with van der Waals surface area (Å²) in [5.41, 5.74) is 1.34. The fraction of sp³-hybridized carbons (Fsp3) is 0.857. The van der Waals surface area contributed by atoms with Gasteiger partial charge < -0.3 is 9.84 Å². The van der Waals surface area contributed by atoms with Gasteiger partial charge in [-0.2, -0.15) is 0 Å². The van der Waals surface area contributed by atoms with Gasteiger partial charge in [0.2, 0.25) is 0 Å². The summed E-state index contributed by atoms with van der Waals surface area (Å²) in [6.07, 6.45) is 6.15. The second-order valence-corrected chi connectivity index (χ2v) is 5.28. The summed E-state index contributed by atoms with van der Waals surface area (Å²) >= 11 is 0. The van der Waals surface area contributed by atoms with Crippen LogP contribution in [0.15, 0.2) is 11.6 Å². The normalized spacial score (nSPS) is 28.8. The molecule has 3 atom stereocenters. The first-order chi connectivity index (χ1) is 7.54. The predicted octanol–water partition coefficient (Wildman–Crippen LogP) is 3.30. The average molecular weight is 226 g/mol. The first-order valence-corrected chi connectivity index (χ1v) is 6.50. The van der Waals surface area contributed by atoms with Crippen LogP contribution in [0.1, 0.15) is 53.4 Å². The maximum atomic E-state index is 10.0. The molecule has 1 rings (SSSR count). The van der Waals surface area contributed by atoms with Crippen LogP contribution < -0.4 is 0 Å². The zero-order valence-electron chi connectivity index (χ0n) is 11.1. The van der Waals surface area contributed by atoms with Crippen LogP contribution in [0.2, 0.25) is 0 Å². The zero-order chi connectivity index (χ0) is 12.1. The number of allylic oxidation sites excluding steroid dienone is 2. The summed E-state index contributed by atoms with van der Waals surface area (Å²) < 4.78 is 5.88. The molecule has 1 aliphatic rings. The van der Waals surface area contributed by atoms with Crippen molar-refractivity contribution in [1.29, 1.82) is 0 Å². The Morgan fingerprint density at radius 1 is 1.38 bits per heavy atom. The predicted molar refractivity (Wildman–Crippen MR) is 67.4 cm³/mol. The Bertz CT molecular complexity index is 233. The number of ether oxygens (including phenoxy) is 1. The van der Waals surface area contributed by atoms with Crippen LogP contribution in [0.5, 0.6) is 0 Å². The van der Waals surface area contributed by atoms with Gasteiger partial charge in [-0.05, 0) is 45.4 Å². The smallest absolute Gasteiger partial charge is 0.0838 e. The molecule has 94 valence electrons. The van der Waals surface area contributed by atoms with Gasteiger partial charge >= 0.3 is 0 Å². The van der Waals surface area contributed by atoms with Crippen molar-refractivity contribution >= 4 is 0 Å². The zero-order valence-corrected chi connectivity index (χ0v) is 11.1. The maximum Gasteiger partial charge on any atom is 0.0838 e. The Balaban J connectivity index is 2.31. The van der Waals surface area contributed by atoms with Crippen molar-refractivity contribution in [2.75, 3.05) is 0 Å². The lowest BCUT2D eigenvalue weighted by Crippen LogP contribution is -2.27. The molecule has 0 saturated carbocycles. The number of aliphatic hydroxyl groups is 1. The number of hydrogen-bond acceptors (Lipinski definition) is 2. The molecule has 0 unspecified atom stereocenters. The lowest BCUT2D eigenvalue weighted by Gasteiger charge is -2.21. The van der Waals surface area contributed by atoms with Crippen LogP contribution in [0.4, 0.5) is 0 Å². The molecular weight excluding hydrogens is 200 g/mol. The minimum Gasteiger partial charge on any atom is -0.390 e. The van der Waals surface area contributed by atoms with Gasteiger partial charge in [0.05, 0.1) is 18.3 Å². The fourth-order valence-electron chi connectivity index (χ4n) is 2.17. The topological polar surface area (TPSA) is 29.5 Å². The van der Waals surface area contributed by atoms with E-state index in [0.717, 1.165) is 25.7 Å². The van der Waals surface area contributed by atoms with Gasteiger partial charge in [-0.15, -0.1) is 0 Å². The first-order valence-electron chi connectivity index (χ1n) is 6.50. The van der Waals surface area contributed by atoms with Crippen molar-refractivity contribution < 1.29 is 9.84 Å². The minimum absolute atomic E-state index is 0.0667. The summed E-state index contributed by atoms with van der Waals surface area (Å²) in [5.74, 6) is 0.564. The molecule has 1 heterocycles. The number of aliphatic hydroxyl groups excluding tert-OH is 1. The Morgan fingerprint density at radius 3 is 2.50 bits per heavy atom. The molecule has 0 aromatic rings. The molecule has 2 heteroatoms. The number of rotatable bonds is 5. The van der Waals surface area contributed by atoms with Crippen LogP contribution in [0.3, 0.4) is 0 Å². The molecule has 0 aromatic carbocycles. The fourth-order valence-corrected chi connectivity index (χ4v) is 2.17. The van der Waals surface area contributed by atoms with Crippen molar-refractivity contribution in [3.8, 4) is 0 Å². The quantitative estimate of drug-likeness (QED) is 0.729. The summed E-state index contributed by atoms with van der Waals surface area (Å²) in [6, 6.07) is 0.